The molecule has 3 rings (SSSR count). The minimum atomic E-state index is -3.62. The molecule has 0 saturated heterocycles. The smallest absolute Gasteiger partial charge is 0.258 e. The average molecular weight is 308 g/mol. The molecule has 0 bridgehead atoms. The highest BCUT2D eigenvalue weighted by molar-refractivity contribution is 7.90. The van der Waals surface area contributed by atoms with E-state index in [9.17, 15) is 12.8 Å². The molecule has 2 heterocycles. The Hall–Kier alpha value is -2.62. The van der Waals surface area contributed by atoms with Crippen LogP contribution in [-0.4, -0.2) is 39.2 Å². The van der Waals surface area contributed by atoms with Gasteiger partial charge in [-0.15, -0.1) is 5.10 Å². The van der Waals surface area contributed by atoms with Crippen molar-refractivity contribution in [1.29, 1.82) is 0 Å². The maximum Gasteiger partial charge on any atom is 0.258 e. The number of hydrogen-bond donors (Lipinski definition) is 1. The largest absolute Gasteiger partial charge is 0.368 e. The third kappa shape index (κ3) is 2.40. The molecule has 0 spiro atoms. The lowest BCUT2D eigenvalue weighted by molar-refractivity contribution is 0.592. The zero-order valence-corrected chi connectivity index (χ0v) is 11.5. The van der Waals surface area contributed by atoms with Crippen LogP contribution >= 0.6 is 0 Å². The maximum atomic E-state index is 13.2. The lowest BCUT2D eigenvalue weighted by Gasteiger charge is -1.99. The van der Waals surface area contributed by atoms with Crippen LogP contribution in [0.15, 0.2) is 29.4 Å². The lowest BCUT2D eigenvalue weighted by atomic mass is 10.2. The van der Waals surface area contributed by atoms with Gasteiger partial charge in [-0.25, -0.2) is 12.8 Å². The zero-order chi connectivity index (χ0) is 15.2. The van der Waals surface area contributed by atoms with Crippen LogP contribution in [0.5, 0.6) is 0 Å². The zero-order valence-electron chi connectivity index (χ0n) is 10.7. The van der Waals surface area contributed by atoms with E-state index in [1.807, 2.05) is 0 Å². The minimum Gasteiger partial charge on any atom is -0.368 e. The summed E-state index contributed by atoms with van der Waals surface area (Å²) in [5, 5.41) is 3.60. The van der Waals surface area contributed by atoms with Crippen LogP contribution in [0.3, 0.4) is 0 Å². The number of hydrogen-bond acceptors (Lipinski definition) is 7. The Kier molecular flexibility index (Phi) is 2.83. The molecule has 8 nitrogen and oxygen atoms in total. The van der Waals surface area contributed by atoms with Gasteiger partial charge in [0.25, 0.3) is 10.9 Å². The van der Waals surface area contributed by atoms with Crippen molar-refractivity contribution >= 4 is 21.6 Å². The minimum absolute atomic E-state index is 0.0258. The summed E-state index contributed by atoms with van der Waals surface area (Å²) in [4.78, 5) is 11.5. The molecular formula is C11H9FN6O2S. The molecule has 0 saturated carbocycles. The van der Waals surface area contributed by atoms with Gasteiger partial charge in [0.1, 0.15) is 5.82 Å². The van der Waals surface area contributed by atoms with E-state index < -0.39 is 20.8 Å². The van der Waals surface area contributed by atoms with E-state index in [1.165, 1.54) is 18.2 Å². The third-order valence-electron chi connectivity index (χ3n) is 2.63. The summed E-state index contributed by atoms with van der Waals surface area (Å²) >= 11 is 0. The number of aromatic nitrogens is 5. The summed E-state index contributed by atoms with van der Waals surface area (Å²) in [6, 6.07) is 5.65. The highest BCUT2D eigenvalue weighted by Crippen LogP contribution is 2.18. The number of fused-ring (bicyclic) bond motifs is 1. The van der Waals surface area contributed by atoms with E-state index in [4.69, 9.17) is 5.73 Å². The topological polar surface area (TPSA) is 116 Å². The number of nitrogen functional groups attached to an aromatic ring is 1. The Morgan fingerprint density at radius 3 is 2.67 bits per heavy atom. The number of anilines is 1. The Balaban J connectivity index is 2.23. The van der Waals surface area contributed by atoms with Gasteiger partial charge in [-0.2, -0.15) is 19.5 Å². The molecule has 0 unspecified atom stereocenters. The molecule has 0 fully saturated rings. The van der Waals surface area contributed by atoms with Gasteiger partial charge in [0.2, 0.25) is 15.8 Å². The predicted octanol–water partition coefficient (Wildman–Crippen LogP) is 0.311. The lowest BCUT2D eigenvalue weighted by Crippen LogP contribution is -2.11. The van der Waals surface area contributed by atoms with Crippen molar-refractivity contribution in [3.8, 4) is 11.4 Å². The fraction of sp³-hybridized carbons (Fsp3) is 0.0909. The van der Waals surface area contributed by atoms with E-state index in [0.29, 0.717) is 5.56 Å². The Bertz CT molecular complexity index is 953. The second-order valence-electron chi connectivity index (χ2n) is 4.29. The van der Waals surface area contributed by atoms with E-state index in [2.05, 4.69) is 20.1 Å². The van der Waals surface area contributed by atoms with Gasteiger partial charge in [-0.1, -0.05) is 12.1 Å². The fourth-order valence-corrected chi connectivity index (χ4v) is 2.21. The summed E-state index contributed by atoms with van der Waals surface area (Å²) in [6.45, 7) is 0. The van der Waals surface area contributed by atoms with Crippen molar-refractivity contribution in [2.45, 2.75) is 5.16 Å². The van der Waals surface area contributed by atoms with Gasteiger partial charge in [0.05, 0.1) is 0 Å². The average Bonchev–Trinajstić information content (AvgIpc) is 2.82. The van der Waals surface area contributed by atoms with Crippen LogP contribution in [0, 0.1) is 5.82 Å². The van der Waals surface area contributed by atoms with Crippen LogP contribution in [0.4, 0.5) is 10.3 Å². The fourth-order valence-electron chi connectivity index (χ4n) is 1.70. The van der Waals surface area contributed by atoms with Crippen molar-refractivity contribution in [2.24, 2.45) is 0 Å². The van der Waals surface area contributed by atoms with Crippen LogP contribution in [0.25, 0.3) is 17.2 Å². The van der Waals surface area contributed by atoms with Crippen molar-refractivity contribution in [3.63, 3.8) is 0 Å². The number of nitrogens with two attached hydrogens (primary N) is 1. The van der Waals surface area contributed by atoms with Crippen LogP contribution in [0.1, 0.15) is 0 Å². The first-order valence-corrected chi connectivity index (χ1v) is 7.60. The number of rotatable bonds is 2. The van der Waals surface area contributed by atoms with E-state index >= 15 is 0 Å². The first kappa shape index (κ1) is 13.4. The third-order valence-corrected chi connectivity index (χ3v) is 3.47. The molecule has 2 aromatic heterocycles. The summed E-state index contributed by atoms with van der Waals surface area (Å²) in [6.07, 6.45) is 0.960. The molecule has 21 heavy (non-hydrogen) atoms. The summed E-state index contributed by atoms with van der Waals surface area (Å²) < 4.78 is 37.2. The predicted molar refractivity (Wildman–Crippen MR) is 71.5 cm³/mol. The molecule has 3 aromatic rings. The molecule has 0 aliphatic heterocycles. The molecule has 2 N–H and O–H groups in total. The molecule has 0 atom stereocenters. The molecule has 10 heteroatoms. The van der Waals surface area contributed by atoms with Crippen molar-refractivity contribution in [1.82, 2.24) is 24.6 Å². The quantitative estimate of drug-likeness (QED) is 0.724. The Morgan fingerprint density at radius 1 is 1.24 bits per heavy atom. The molecule has 108 valence electrons. The van der Waals surface area contributed by atoms with Gasteiger partial charge in [-0.05, 0) is 12.1 Å². The second kappa shape index (κ2) is 4.45. The Labute approximate surface area is 118 Å². The maximum absolute atomic E-state index is 13.2. The van der Waals surface area contributed by atoms with Gasteiger partial charge in [0.15, 0.2) is 5.82 Å². The second-order valence-corrected chi connectivity index (χ2v) is 6.20. The van der Waals surface area contributed by atoms with E-state index in [1.54, 1.807) is 6.07 Å². The van der Waals surface area contributed by atoms with Gasteiger partial charge < -0.3 is 5.73 Å². The summed E-state index contributed by atoms with van der Waals surface area (Å²) in [5.74, 6) is -0.471. The van der Waals surface area contributed by atoms with E-state index in [-0.39, 0.29) is 17.6 Å². The van der Waals surface area contributed by atoms with E-state index in [0.717, 1.165) is 10.8 Å². The highest BCUT2D eigenvalue weighted by Gasteiger charge is 2.17. The van der Waals surface area contributed by atoms with Gasteiger partial charge in [-0.3, -0.25) is 0 Å². The Morgan fingerprint density at radius 2 is 2.00 bits per heavy atom. The molecular weight excluding hydrogens is 299 g/mol. The van der Waals surface area contributed by atoms with Crippen molar-refractivity contribution in [2.75, 3.05) is 12.0 Å². The first-order valence-electron chi connectivity index (χ1n) is 5.71. The molecule has 0 amide bonds. The monoisotopic (exact) mass is 308 g/mol. The number of nitrogens with zero attached hydrogens (tertiary/aromatic N) is 5. The first-order chi connectivity index (χ1) is 9.84. The van der Waals surface area contributed by atoms with Gasteiger partial charge in [0, 0.05) is 11.8 Å². The SMILES string of the molecule is CS(=O)(=O)c1nc(N)n2nc(-c3cccc(F)c3)nc2n1. The molecule has 0 radical (unpaired) electrons. The number of halogens is 1. The normalized spacial score (nSPS) is 11.9. The van der Waals surface area contributed by atoms with Crippen LogP contribution in [-0.2, 0) is 9.84 Å². The highest BCUT2D eigenvalue weighted by atomic mass is 32.2. The summed E-state index contributed by atoms with van der Waals surface area (Å²) in [7, 11) is -3.62. The number of benzene rings is 1. The molecule has 0 aliphatic rings. The van der Waals surface area contributed by atoms with Crippen LogP contribution < -0.4 is 5.73 Å². The standard InChI is InChI=1S/C11H9FN6O2S/c1-21(19,20)11-15-9(13)18-10(16-11)14-8(17-18)6-3-2-4-7(12)5-6/h2-5H,1H3,(H2,13,14,15,16,17). The molecule has 0 aliphatic carbocycles. The van der Waals surface area contributed by atoms with Gasteiger partial charge >= 0.3 is 0 Å². The van der Waals surface area contributed by atoms with Crippen molar-refractivity contribution < 1.29 is 12.8 Å². The molecule has 1 aromatic carbocycles. The number of sulfone groups is 1. The van der Waals surface area contributed by atoms with Crippen molar-refractivity contribution in [3.05, 3.63) is 30.1 Å². The summed E-state index contributed by atoms with van der Waals surface area (Å²) in [5.41, 5.74) is 6.06. The van der Waals surface area contributed by atoms with Crippen LogP contribution in [0.2, 0.25) is 0 Å².